The minimum atomic E-state index is -3.69. The number of unbranched alkanes of at least 4 members (excludes halogenated alkanes) is 7. The van der Waals surface area contributed by atoms with Crippen molar-refractivity contribution in [2.24, 2.45) is 0 Å². The van der Waals surface area contributed by atoms with Crippen LogP contribution < -0.4 is 4.72 Å². The number of carboxylic acids is 1. The van der Waals surface area contributed by atoms with E-state index in [0.717, 1.165) is 51.4 Å². The summed E-state index contributed by atoms with van der Waals surface area (Å²) in [5, 5.41) is 9.19. The molecule has 6 nitrogen and oxygen atoms in total. The predicted octanol–water partition coefficient (Wildman–Crippen LogP) is 6.51. The molecule has 2 rings (SSSR count). The zero-order valence-electron chi connectivity index (χ0n) is 18.9. The first-order valence-corrected chi connectivity index (χ1v) is 14.0. The molecule has 0 amide bonds. The average Bonchev–Trinajstić information content (AvgIpc) is 2.77. The predicted molar refractivity (Wildman–Crippen MR) is 137 cm³/mol. The molecule has 0 spiro atoms. The maximum absolute atomic E-state index is 12.9. The van der Waals surface area contributed by atoms with Crippen LogP contribution in [-0.4, -0.2) is 36.7 Å². The van der Waals surface area contributed by atoms with Crippen molar-refractivity contribution >= 4 is 56.6 Å². The van der Waals surface area contributed by atoms with E-state index in [0.29, 0.717) is 11.6 Å². The van der Waals surface area contributed by atoms with Crippen LogP contribution in [0.2, 0.25) is 10.0 Å². The van der Waals surface area contributed by atoms with Crippen molar-refractivity contribution in [3.8, 4) is 0 Å². The van der Waals surface area contributed by atoms with Gasteiger partial charge < -0.3 is 5.11 Å². The summed E-state index contributed by atoms with van der Waals surface area (Å²) >= 11 is 18.5. The molecular weight excluding hydrogens is 521 g/mol. The molecular formula is C24H30Cl3NO5S. The lowest BCUT2D eigenvalue weighted by Crippen LogP contribution is -2.33. The Hall–Kier alpha value is -1.38. The van der Waals surface area contributed by atoms with Crippen molar-refractivity contribution in [2.45, 2.75) is 69.1 Å². The molecule has 1 aliphatic rings. The number of benzene rings is 1. The van der Waals surface area contributed by atoms with Gasteiger partial charge in [-0.2, -0.15) is 0 Å². The highest BCUT2D eigenvalue weighted by atomic mass is 35.5. The first-order valence-electron chi connectivity index (χ1n) is 11.3. The molecule has 0 aromatic heterocycles. The van der Waals surface area contributed by atoms with Gasteiger partial charge in [0.05, 0.1) is 9.93 Å². The van der Waals surface area contributed by atoms with E-state index in [2.05, 4.69) is 4.72 Å². The van der Waals surface area contributed by atoms with Crippen LogP contribution in [0.3, 0.4) is 0 Å². The highest BCUT2D eigenvalue weighted by molar-refractivity contribution is 7.93. The molecule has 0 saturated heterocycles. The Morgan fingerprint density at radius 1 is 1.00 bits per heavy atom. The number of allylic oxidation sites excluding steroid dienone is 3. The summed E-state index contributed by atoms with van der Waals surface area (Å²) in [6.45, 7) is 0.331. The number of aliphatic carboxylic acids is 1. The van der Waals surface area contributed by atoms with E-state index in [-0.39, 0.29) is 28.3 Å². The number of hydrogen-bond acceptors (Lipinski definition) is 4. The third-order valence-electron chi connectivity index (χ3n) is 5.59. The van der Waals surface area contributed by atoms with Crippen LogP contribution in [0.15, 0.2) is 41.3 Å². The fraction of sp³-hybridized carbons (Fsp3) is 0.500. The van der Waals surface area contributed by atoms with Gasteiger partial charge >= 0.3 is 5.97 Å². The lowest BCUT2D eigenvalue weighted by atomic mass is 9.90. The SMILES string of the molecule is O=C(O)CCCCCCCCCCNS(=O)(=O)C1=CCC(Cl)(C(=O)c2ccc(Cl)cc2Cl)C=C1. The topological polar surface area (TPSA) is 101 Å². The monoisotopic (exact) mass is 549 g/mol. The van der Waals surface area contributed by atoms with E-state index in [4.69, 9.17) is 39.9 Å². The number of carbonyl (C=O) groups excluding carboxylic acids is 1. The Labute approximate surface area is 216 Å². The van der Waals surface area contributed by atoms with E-state index < -0.39 is 26.7 Å². The molecule has 1 atom stereocenters. The number of nitrogens with one attached hydrogen (secondary N) is 1. The fourth-order valence-electron chi connectivity index (χ4n) is 3.62. The van der Waals surface area contributed by atoms with E-state index >= 15 is 0 Å². The zero-order valence-corrected chi connectivity index (χ0v) is 21.9. The molecule has 188 valence electrons. The molecule has 0 saturated carbocycles. The summed E-state index contributed by atoms with van der Waals surface area (Å²) in [4.78, 5) is 22.0. The third-order valence-corrected chi connectivity index (χ3v) is 8.09. The fourth-order valence-corrected chi connectivity index (χ4v) is 5.48. The van der Waals surface area contributed by atoms with Gasteiger partial charge in [-0.1, -0.05) is 73.9 Å². The molecule has 1 unspecified atom stereocenters. The molecule has 2 N–H and O–H groups in total. The van der Waals surface area contributed by atoms with Crippen LogP contribution >= 0.6 is 34.8 Å². The molecule has 0 aliphatic heterocycles. The van der Waals surface area contributed by atoms with Crippen molar-refractivity contribution in [3.05, 3.63) is 56.9 Å². The molecule has 1 aromatic rings. The van der Waals surface area contributed by atoms with Crippen LogP contribution in [0.25, 0.3) is 0 Å². The van der Waals surface area contributed by atoms with Gasteiger partial charge in [0.25, 0.3) is 0 Å². The maximum Gasteiger partial charge on any atom is 0.303 e. The number of halogens is 3. The minimum Gasteiger partial charge on any atom is -0.481 e. The lowest BCUT2D eigenvalue weighted by Gasteiger charge is -2.24. The molecule has 10 heteroatoms. The van der Waals surface area contributed by atoms with E-state index in [9.17, 15) is 18.0 Å². The second-order valence-electron chi connectivity index (χ2n) is 8.33. The van der Waals surface area contributed by atoms with Gasteiger partial charge in [-0.05, 0) is 43.5 Å². The molecule has 1 aromatic carbocycles. The lowest BCUT2D eigenvalue weighted by molar-refractivity contribution is -0.137. The molecule has 0 bridgehead atoms. The molecule has 34 heavy (non-hydrogen) atoms. The van der Waals surface area contributed by atoms with E-state index in [1.807, 2.05) is 0 Å². The second kappa shape index (κ2) is 13.6. The average molecular weight is 551 g/mol. The van der Waals surface area contributed by atoms with Gasteiger partial charge in [-0.3, -0.25) is 9.59 Å². The highest BCUT2D eigenvalue weighted by Gasteiger charge is 2.37. The number of alkyl halides is 1. The summed E-state index contributed by atoms with van der Waals surface area (Å²) < 4.78 is 27.7. The van der Waals surface area contributed by atoms with Gasteiger partial charge in [-0.15, -0.1) is 11.6 Å². The van der Waals surface area contributed by atoms with Crippen LogP contribution in [-0.2, 0) is 14.8 Å². The van der Waals surface area contributed by atoms with Gasteiger partial charge in [0.1, 0.15) is 4.87 Å². The number of rotatable bonds is 15. The van der Waals surface area contributed by atoms with Crippen molar-refractivity contribution in [1.29, 1.82) is 0 Å². The van der Waals surface area contributed by atoms with Crippen molar-refractivity contribution in [3.63, 3.8) is 0 Å². The number of ketones is 1. The Morgan fingerprint density at radius 3 is 2.18 bits per heavy atom. The van der Waals surface area contributed by atoms with Gasteiger partial charge in [0, 0.05) is 23.6 Å². The summed E-state index contributed by atoms with van der Waals surface area (Å²) in [5.41, 5.74) is 0.226. The molecule has 0 fully saturated rings. The zero-order chi connectivity index (χ0) is 25.2. The van der Waals surface area contributed by atoms with E-state index in [1.165, 1.54) is 30.4 Å². The summed E-state index contributed by atoms with van der Waals surface area (Å²) in [7, 11) is -3.69. The largest absolute Gasteiger partial charge is 0.481 e. The van der Waals surface area contributed by atoms with Crippen LogP contribution in [0, 0.1) is 0 Å². The first kappa shape index (κ1) is 28.9. The maximum atomic E-state index is 12.9. The van der Waals surface area contributed by atoms with Gasteiger partial charge in [-0.25, -0.2) is 13.1 Å². The number of sulfonamides is 1. The van der Waals surface area contributed by atoms with Crippen LogP contribution in [0.4, 0.5) is 0 Å². The van der Waals surface area contributed by atoms with Crippen molar-refractivity contribution in [2.75, 3.05) is 6.54 Å². The van der Waals surface area contributed by atoms with Crippen molar-refractivity contribution in [1.82, 2.24) is 4.72 Å². The standard InChI is InChI=1S/C24H30Cl3NO5S/c25-18-10-11-20(21(26)17-18)23(31)24(27)14-12-19(13-15-24)34(32,33)28-16-8-6-4-2-1-3-5-7-9-22(29)30/h10-14,17,28H,1-9,15-16H2,(H,29,30). The molecule has 0 heterocycles. The van der Waals surface area contributed by atoms with Crippen LogP contribution in [0.1, 0.15) is 74.6 Å². The summed E-state index contributed by atoms with van der Waals surface area (Å²) in [6, 6.07) is 4.51. The molecule has 0 radical (unpaired) electrons. The highest BCUT2D eigenvalue weighted by Crippen LogP contribution is 2.35. The minimum absolute atomic E-state index is 0.0194. The Morgan fingerprint density at radius 2 is 1.62 bits per heavy atom. The third kappa shape index (κ3) is 9.00. The quantitative estimate of drug-likeness (QED) is 0.147. The Balaban J connectivity index is 1.73. The first-order chi connectivity index (χ1) is 16.0. The smallest absolute Gasteiger partial charge is 0.303 e. The van der Waals surface area contributed by atoms with E-state index in [1.54, 1.807) is 6.07 Å². The summed E-state index contributed by atoms with van der Waals surface area (Å²) in [5.74, 6) is -1.17. The number of Topliss-reactive ketones (excluding diaryl/α,β-unsaturated/α-hetero) is 1. The summed E-state index contributed by atoms with van der Waals surface area (Å²) in [6.07, 6.45) is 11.9. The number of hydrogen-bond donors (Lipinski definition) is 2. The Bertz CT molecular complexity index is 1040. The number of carboxylic acid groups (broad SMARTS) is 1. The second-order valence-corrected chi connectivity index (χ2v) is 11.6. The van der Waals surface area contributed by atoms with Crippen molar-refractivity contribution < 1.29 is 23.1 Å². The van der Waals surface area contributed by atoms with Gasteiger partial charge in [0.2, 0.25) is 10.0 Å². The normalized spacial score (nSPS) is 18.0. The Kier molecular flexibility index (Phi) is 11.6. The number of carbonyl (C=O) groups is 2. The van der Waals surface area contributed by atoms with Crippen LogP contribution in [0.5, 0.6) is 0 Å². The molecule has 1 aliphatic carbocycles. The van der Waals surface area contributed by atoms with Gasteiger partial charge in [0.15, 0.2) is 5.78 Å².